The van der Waals surface area contributed by atoms with Gasteiger partial charge < -0.3 is 9.84 Å². The van der Waals surface area contributed by atoms with Gasteiger partial charge in [0, 0.05) is 12.7 Å². The Morgan fingerprint density at radius 2 is 2.19 bits per heavy atom. The van der Waals surface area contributed by atoms with Crippen LogP contribution in [0, 0.1) is 17.3 Å². The molecular formula is C18H28O3. The molecule has 1 saturated carbocycles. The lowest BCUT2D eigenvalue weighted by atomic mass is 9.73. The molecule has 0 aromatic rings. The summed E-state index contributed by atoms with van der Waals surface area (Å²) in [6.07, 6.45) is 5.03. The first kappa shape index (κ1) is 16.4. The molecule has 0 radical (unpaired) electrons. The third-order valence-corrected chi connectivity index (χ3v) is 5.45. The van der Waals surface area contributed by atoms with Crippen molar-refractivity contribution < 1.29 is 14.6 Å². The van der Waals surface area contributed by atoms with Crippen LogP contribution in [0.25, 0.3) is 0 Å². The molecule has 0 amide bonds. The molecule has 1 N–H and O–H groups in total. The third kappa shape index (κ3) is 2.62. The summed E-state index contributed by atoms with van der Waals surface area (Å²) in [6.45, 7) is 10.8. The number of Topliss-reactive ketones (excluding diaryl/α,β-unsaturated/α-hetero) is 1. The Kier molecular flexibility index (Phi) is 4.46. The maximum Gasteiger partial charge on any atom is 0.171 e. The minimum absolute atomic E-state index is 0.0488. The van der Waals surface area contributed by atoms with Gasteiger partial charge in [0.15, 0.2) is 5.78 Å². The van der Waals surface area contributed by atoms with E-state index < -0.39 is 11.0 Å². The summed E-state index contributed by atoms with van der Waals surface area (Å²) in [5.74, 6) is 0.951. The summed E-state index contributed by atoms with van der Waals surface area (Å²) < 4.78 is 5.13. The lowest BCUT2D eigenvalue weighted by Crippen LogP contribution is -2.41. The predicted octanol–water partition coefficient (Wildman–Crippen LogP) is 3.28. The van der Waals surface area contributed by atoms with Crippen molar-refractivity contribution in [1.29, 1.82) is 0 Å². The van der Waals surface area contributed by atoms with Gasteiger partial charge in [-0.3, -0.25) is 4.79 Å². The van der Waals surface area contributed by atoms with Gasteiger partial charge >= 0.3 is 0 Å². The maximum atomic E-state index is 13.1. The van der Waals surface area contributed by atoms with Gasteiger partial charge in [-0.2, -0.15) is 0 Å². The van der Waals surface area contributed by atoms with E-state index in [0.717, 1.165) is 24.8 Å². The summed E-state index contributed by atoms with van der Waals surface area (Å²) in [5, 5.41) is 10.7. The van der Waals surface area contributed by atoms with Crippen molar-refractivity contribution in [3.63, 3.8) is 0 Å². The number of carbonyl (C=O) groups excluding carboxylic acids is 1. The van der Waals surface area contributed by atoms with Gasteiger partial charge in [0.25, 0.3) is 0 Å². The number of methoxy groups -OCH3 is 1. The van der Waals surface area contributed by atoms with Crippen molar-refractivity contribution in [1.82, 2.24) is 0 Å². The molecule has 3 heteroatoms. The Balaban J connectivity index is 2.26. The number of ether oxygens (including phenoxy) is 1. The highest BCUT2D eigenvalue weighted by Crippen LogP contribution is 2.51. The van der Waals surface area contributed by atoms with Gasteiger partial charge in [-0.15, -0.1) is 0 Å². The van der Waals surface area contributed by atoms with Crippen LogP contribution in [0.5, 0.6) is 0 Å². The van der Waals surface area contributed by atoms with Crippen LogP contribution in [-0.4, -0.2) is 30.2 Å². The van der Waals surface area contributed by atoms with Crippen molar-refractivity contribution in [3.05, 3.63) is 23.8 Å². The lowest BCUT2D eigenvalue weighted by Gasteiger charge is -2.32. The molecular weight excluding hydrogens is 264 g/mol. The Bertz CT molecular complexity index is 477. The molecule has 0 aromatic carbocycles. The molecule has 2 rings (SSSR count). The first-order chi connectivity index (χ1) is 9.76. The van der Waals surface area contributed by atoms with E-state index in [9.17, 15) is 9.90 Å². The van der Waals surface area contributed by atoms with Gasteiger partial charge in [-0.05, 0) is 44.4 Å². The summed E-state index contributed by atoms with van der Waals surface area (Å²) in [7, 11) is 1.56. The zero-order valence-corrected chi connectivity index (χ0v) is 13.7. The number of rotatable bonds is 5. The second-order valence-electron chi connectivity index (χ2n) is 7.20. The molecule has 3 atom stereocenters. The van der Waals surface area contributed by atoms with E-state index in [1.54, 1.807) is 7.11 Å². The van der Waals surface area contributed by atoms with E-state index >= 15 is 0 Å². The normalized spacial score (nSPS) is 36.4. The zero-order chi connectivity index (χ0) is 15.8. The van der Waals surface area contributed by atoms with Crippen LogP contribution in [0.15, 0.2) is 23.8 Å². The van der Waals surface area contributed by atoms with E-state index in [4.69, 9.17) is 4.74 Å². The first-order valence-corrected chi connectivity index (χ1v) is 7.92. The van der Waals surface area contributed by atoms with E-state index in [1.807, 2.05) is 13.0 Å². The van der Waals surface area contributed by atoms with Crippen LogP contribution in [-0.2, 0) is 9.53 Å². The molecule has 21 heavy (non-hydrogen) atoms. The molecule has 2 aliphatic rings. The summed E-state index contributed by atoms with van der Waals surface area (Å²) in [4.78, 5) is 13.1. The van der Waals surface area contributed by atoms with Gasteiger partial charge in [0.2, 0.25) is 0 Å². The van der Waals surface area contributed by atoms with E-state index in [2.05, 4.69) is 20.4 Å². The summed E-state index contributed by atoms with van der Waals surface area (Å²) in [6, 6.07) is 0. The highest BCUT2D eigenvalue weighted by atomic mass is 16.5. The molecule has 0 aliphatic heterocycles. The first-order valence-electron chi connectivity index (χ1n) is 7.92. The van der Waals surface area contributed by atoms with E-state index in [0.29, 0.717) is 23.8 Å². The monoisotopic (exact) mass is 292 g/mol. The molecule has 0 bridgehead atoms. The maximum absolute atomic E-state index is 13.1. The number of allylic oxidation sites excluding steroid dienone is 2. The van der Waals surface area contributed by atoms with Crippen molar-refractivity contribution in [2.24, 2.45) is 17.3 Å². The van der Waals surface area contributed by atoms with Gasteiger partial charge in [0.05, 0.1) is 12.0 Å². The molecule has 0 saturated heterocycles. The fourth-order valence-corrected chi connectivity index (χ4v) is 3.95. The lowest BCUT2D eigenvalue weighted by molar-refractivity contribution is -0.125. The standard InChI is InChI=1S/C18H28O3/c1-12(2)14-8-10-17(4,13(14)3)16(19)15-7-6-9-18(15,20)11-21-5/h7,12,14,20H,3,6,8-11H2,1-2,4-5H3/t14-,17+,18-/m1/s1. The molecule has 0 aromatic heterocycles. The van der Waals surface area contributed by atoms with E-state index in [-0.39, 0.29) is 12.4 Å². The van der Waals surface area contributed by atoms with Gasteiger partial charge in [-0.1, -0.05) is 32.1 Å². The zero-order valence-electron chi connectivity index (χ0n) is 13.7. The van der Waals surface area contributed by atoms with Crippen molar-refractivity contribution in [3.8, 4) is 0 Å². The molecule has 2 aliphatic carbocycles. The third-order valence-electron chi connectivity index (χ3n) is 5.45. The average Bonchev–Trinajstić information content (AvgIpc) is 2.92. The smallest absolute Gasteiger partial charge is 0.171 e. The fraction of sp³-hybridized carbons (Fsp3) is 0.722. The van der Waals surface area contributed by atoms with Crippen molar-refractivity contribution in [2.75, 3.05) is 13.7 Å². The molecule has 1 fully saturated rings. The molecule has 0 heterocycles. The number of carbonyl (C=O) groups is 1. The van der Waals surface area contributed by atoms with Crippen LogP contribution in [0.3, 0.4) is 0 Å². The SMILES string of the molecule is C=C1[C@@H](C(C)C)CC[C@]1(C)C(=O)C1=CCC[C@@]1(O)COC. The van der Waals surface area contributed by atoms with Crippen LogP contribution in [0.2, 0.25) is 0 Å². The second kappa shape index (κ2) is 5.69. The number of aliphatic hydroxyl groups is 1. The Hall–Kier alpha value is -0.930. The molecule has 0 spiro atoms. The predicted molar refractivity (Wildman–Crippen MR) is 84.0 cm³/mol. The summed E-state index contributed by atoms with van der Waals surface area (Å²) >= 11 is 0. The van der Waals surface area contributed by atoms with Gasteiger partial charge in [-0.25, -0.2) is 0 Å². The van der Waals surface area contributed by atoms with Crippen molar-refractivity contribution in [2.45, 2.75) is 52.1 Å². The number of hydrogen-bond acceptors (Lipinski definition) is 3. The molecule has 118 valence electrons. The highest BCUT2D eigenvalue weighted by Gasteiger charge is 2.50. The van der Waals surface area contributed by atoms with E-state index in [1.165, 1.54) is 0 Å². The molecule has 0 unspecified atom stereocenters. The number of ketones is 1. The van der Waals surface area contributed by atoms with Crippen LogP contribution in [0.4, 0.5) is 0 Å². The topological polar surface area (TPSA) is 46.5 Å². The van der Waals surface area contributed by atoms with Crippen LogP contribution < -0.4 is 0 Å². The Morgan fingerprint density at radius 1 is 1.52 bits per heavy atom. The van der Waals surface area contributed by atoms with Crippen molar-refractivity contribution >= 4 is 5.78 Å². The fourth-order valence-electron chi connectivity index (χ4n) is 3.95. The number of hydrogen-bond donors (Lipinski definition) is 1. The highest BCUT2D eigenvalue weighted by molar-refractivity contribution is 6.04. The Morgan fingerprint density at radius 3 is 2.71 bits per heavy atom. The largest absolute Gasteiger partial charge is 0.383 e. The Labute approximate surface area is 128 Å². The molecule has 3 nitrogen and oxygen atoms in total. The van der Waals surface area contributed by atoms with Gasteiger partial charge in [0.1, 0.15) is 5.60 Å². The minimum Gasteiger partial charge on any atom is -0.383 e. The quantitative estimate of drug-likeness (QED) is 0.791. The average molecular weight is 292 g/mol. The van der Waals surface area contributed by atoms with Crippen LogP contribution >= 0.6 is 0 Å². The second-order valence-corrected chi connectivity index (χ2v) is 7.20. The summed E-state index contributed by atoms with van der Waals surface area (Å²) in [5.41, 5.74) is -0.0785. The van der Waals surface area contributed by atoms with Crippen LogP contribution in [0.1, 0.15) is 46.5 Å². The minimum atomic E-state index is -1.12.